The zero-order valence-corrected chi connectivity index (χ0v) is 12.9. The number of ether oxygens (including phenoxy) is 2. The van der Waals surface area contributed by atoms with Gasteiger partial charge in [-0.05, 0) is 43.9 Å². The summed E-state index contributed by atoms with van der Waals surface area (Å²) in [4.78, 5) is 11.9. The van der Waals surface area contributed by atoms with Gasteiger partial charge in [-0.1, -0.05) is 31.2 Å². The Morgan fingerprint density at radius 2 is 2.19 bits per heavy atom. The van der Waals surface area contributed by atoms with Crippen LogP contribution in [0.25, 0.3) is 0 Å². The van der Waals surface area contributed by atoms with Crippen LogP contribution in [0.5, 0.6) is 0 Å². The Morgan fingerprint density at radius 1 is 1.38 bits per heavy atom. The van der Waals surface area contributed by atoms with Gasteiger partial charge in [0.2, 0.25) is 0 Å². The summed E-state index contributed by atoms with van der Waals surface area (Å²) in [7, 11) is 0. The van der Waals surface area contributed by atoms with Gasteiger partial charge in [-0.2, -0.15) is 0 Å². The molecule has 2 unspecified atom stereocenters. The third kappa shape index (κ3) is 4.29. The molecule has 1 N–H and O–H groups in total. The average molecular weight is 291 g/mol. The van der Waals surface area contributed by atoms with Gasteiger partial charge >= 0.3 is 5.97 Å². The summed E-state index contributed by atoms with van der Waals surface area (Å²) < 4.78 is 11.1. The maximum Gasteiger partial charge on any atom is 0.325 e. The van der Waals surface area contributed by atoms with E-state index in [-0.39, 0.29) is 18.1 Å². The highest BCUT2D eigenvalue weighted by molar-refractivity contribution is 5.75. The summed E-state index contributed by atoms with van der Waals surface area (Å²) in [6, 6.07) is 8.03. The lowest BCUT2D eigenvalue weighted by Crippen LogP contribution is -2.42. The van der Waals surface area contributed by atoms with E-state index in [1.165, 1.54) is 11.1 Å². The van der Waals surface area contributed by atoms with Crippen LogP contribution >= 0.6 is 0 Å². The first kappa shape index (κ1) is 16.0. The number of fused-ring (bicyclic) bond motifs is 1. The lowest BCUT2D eigenvalue weighted by atomic mass is 9.89. The zero-order chi connectivity index (χ0) is 15.1. The number of likely N-dealkylation sites (N-methyl/N-ethyl adjacent to an activating group) is 1. The summed E-state index contributed by atoms with van der Waals surface area (Å²) in [5, 5.41) is 3.13. The molecule has 2 rings (SSSR count). The Kier molecular flexibility index (Phi) is 6.21. The van der Waals surface area contributed by atoms with E-state index in [0.29, 0.717) is 19.8 Å². The first-order valence-electron chi connectivity index (χ1n) is 7.85. The van der Waals surface area contributed by atoms with E-state index in [4.69, 9.17) is 9.47 Å². The molecule has 0 saturated carbocycles. The molecule has 1 aliphatic rings. The van der Waals surface area contributed by atoms with Crippen molar-refractivity contribution in [2.24, 2.45) is 0 Å². The van der Waals surface area contributed by atoms with Gasteiger partial charge in [0, 0.05) is 0 Å². The van der Waals surface area contributed by atoms with Crippen LogP contribution in [0, 0.1) is 0 Å². The van der Waals surface area contributed by atoms with Gasteiger partial charge in [-0.3, -0.25) is 4.79 Å². The summed E-state index contributed by atoms with van der Waals surface area (Å²) in [5.74, 6) is -0.233. The molecule has 21 heavy (non-hydrogen) atoms. The molecule has 4 heteroatoms. The molecule has 0 aromatic heterocycles. The molecule has 0 amide bonds. The molecule has 0 aliphatic heterocycles. The molecule has 0 radical (unpaired) electrons. The normalized spacial score (nSPS) is 18.9. The van der Waals surface area contributed by atoms with Crippen LogP contribution < -0.4 is 5.32 Å². The number of carbonyl (C=O) groups is 1. The van der Waals surface area contributed by atoms with Gasteiger partial charge < -0.3 is 14.8 Å². The average Bonchev–Trinajstić information content (AvgIpc) is 2.51. The van der Waals surface area contributed by atoms with Gasteiger partial charge in [-0.15, -0.1) is 0 Å². The van der Waals surface area contributed by atoms with Crippen molar-refractivity contribution in [2.75, 3.05) is 19.8 Å². The number of esters is 1. The fraction of sp³-hybridized carbons (Fsp3) is 0.588. The molecule has 1 aromatic carbocycles. The predicted octanol–water partition coefficient (Wildman–Crippen LogP) is 2.62. The van der Waals surface area contributed by atoms with Gasteiger partial charge in [0.25, 0.3) is 0 Å². The number of carbonyl (C=O) groups excluding carboxylic acids is 1. The van der Waals surface area contributed by atoms with Crippen molar-refractivity contribution in [3.63, 3.8) is 0 Å². The summed E-state index contributed by atoms with van der Waals surface area (Å²) in [6.07, 6.45) is 3.35. The van der Waals surface area contributed by atoms with Crippen molar-refractivity contribution < 1.29 is 14.3 Å². The van der Waals surface area contributed by atoms with E-state index in [1.54, 1.807) is 0 Å². The van der Waals surface area contributed by atoms with Gasteiger partial charge in [0.1, 0.15) is 6.04 Å². The second kappa shape index (κ2) is 8.15. The van der Waals surface area contributed by atoms with Crippen LogP contribution in [0.1, 0.15) is 43.9 Å². The molecule has 0 fully saturated rings. The van der Waals surface area contributed by atoms with E-state index >= 15 is 0 Å². The highest BCUT2D eigenvalue weighted by Gasteiger charge is 2.24. The summed E-state index contributed by atoms with van der Waals surface area (Å²) in [6.45, 7) is 5.26. The van der Waals surface area contributed by atoms with E-state index < -0.39 is 0 Å². The molecule has 0 bridgehead atoms. The number of hydrogen-bond donors (Lipinski definition) is 1. The van der Waals surface area contributed by atoms with Crippen LogP contribution in [0.2, 0.25) is 0 Å². The number of aryl methyl sites for hydroxylation is 1. The SMILES string of the molecule is CCNC(COC1CCCc2ccccc21)C(=O)OCC. The molecule has 0 spiro atoms. The van der Waals surface area contributed by atoms with E-state index in [1.807, 2.05) is 19.9 Å². The first-order chi connectivity index (χ1) is 10.3. The van der Waals surface area contributed by atoms with E-state index in [9.17, 15) is 4.79 Å². The second-order valence-electron chi connectivity index (χ2n) is 5.28. The Hall–Kier alpha value is -1.39. The van der Waals surface area contributed by atoms with Gasteiger partial charge in [0.05, 0.1) is 19.3 Å². The molecule has 2 atom stereocenters. The van der Waals surface area contributed by atoms with Crippen LogP contribution in [0.15, 0.2) is 24.3 Å². The Morgan fingerprint density at radius 3 is 2.95 bits per heavy atom. The lowest BCUT2D eigenvalue weighted by molar-refractivity contribution is -0.148. The summed E-state index contributed by atoms with van der Waals surface area (Å²) in [5.41, 5.74) is 2.63. The lowest BCUT2D eigenvalue weighted by Gasteiger charge is -2.27. The minimum Gasteiger partial charge on any atom is -0.465 e. The minimum atomic E-state index is -0.385. The maximum atomic E-state index is 11.9. The van der Waals surface area contributed by atoms with E-state index in [2.05, 4.69) is 23.5 Å². The molecule has 1 aliphatic carbocycles. The number of rotatable bonds is 7. The van der Waals surface area contributed by atoms with Crippen molar-refractivity contribution in [1.29, 1.82) is 0 Å². The van der Waals surface area contributed by atoms with Crippen molar-refractivity contribution >= 4 is 5.97 Å². The fourth-order valence-corrected chi connectivity index (χ4v) is 2.79. The standard InChI is InChI=1S/C17H25NO3/c1-3-18-15(17(19)20-4-2)12-21-16-11-7-9-13-8-5-6-10-14(13)16/h5-6,8,10,15-16,18H,3-4,7,9,11-12H2,1-2H3. The highest BCUT2D eigenvalue weighted by Crippen LogP contribution is 2.32. The van der Waals surface area contributed by atoms with Crippen LogP contribution in [0.3, 0.4) is 0 Å². The van der Waals surface area contributed by atoms with Crippen molar-refractivity contribution in [3.8, 4) is 0 Å². The number of hydrogen-bond acceptors (Lipinski definition) is 4. The Labute approximate surface area is 126 Å². The largest absolute Gasteiger partial charge is 0.465 e. The maximum absolute atomic E-state index is 11.9. The Balaban J connectivity index is 1.96. The van der Waals surface area contributed by atoms with E-state index in [0.717, 1.165) is 19.3 Å². The Bertz CT molecular complexity index is 461. The van der Waals surface area contributed by atoms with Crippen LogP contribution in [-0.2, 0) is 20.7 Å². The third-order valence-electron chi connectivity index (χ3n) is 3.80. The molecular formula is C17H25NO3. The monoisotopic (exact) mass is 291 g/mol. The second-order valence-corrected chi connectivity index (χ2v) is 5.28. The molecule has 0 heterocycles. The third-order valence-corrected chi connectivity index (χ3v) is 3.80. The smallest absolute Gasteiger partial charge is 0.325 e. The van der Waals surface area contributed by atoms with Crippen molar-refractivity contribution in [3.05, 3.63) is 35.4 Å². The topological polar surface area (TPSA) is 47.6 Å². The highest BCUT2D eigenvalue weighted by atomic mass is 16.5. The van der Waals surface area contributed by atoms with Crippen LogP contribution in [0.4, 0.5) is 0 Å². The van der Waals surface area contributed by atoms with Gasteiger partial charge in [0.15, 0.2) is 0 Å². The fourth-order valence-electron chi connectivity index (χ4n) is 2.79. The molecule has 0 saturated heterocycles. The van der Waals surface area contributed by atoms with Gasteiger partial charge in [-0.25, -0.2) is 0 Å². The number of benzene rings is 1. The summed E-state index contributed by atoms with van der Waals surface area (Å²) >= 11 is 0. The van der Waals surface area contributed by atoms with Crippen molar-refractivity contribution in [2.45, 2.75) is 45.3 Å². The van der Waals surface area contributed by atoms with Crippen molar-refractivity contribution in [1.82, 2.24) is 5.32 Å². The molecule has 116 valence electrons. The minimum absolute atomic E-state index is 0.0885. The molecule has 4 nitrogen and oxygen atoms in total. The predicted molar refractivity (Wildman–Crippen MR) is 82.2 cm³/mol. The first-order valence-corrected chi connectivity index (χ1v) is 7.85. The van der Waals surface area contributed by atoms with Crippen LogP contribution in [-0.4, -0.2) is 31.8 Å². The molecular weight excluding hydrogens is 266 g/mol. The molecule has 1 aromatic rings. The quantitative estimate of drug-likeness (QED) is 0.785. The zero-order valence-electron chi connectivity index (χ0n) is 12.9. The number of nitrogens with one attached hydrogen (secondary N) is 1.